The SMILES string of the molecule is COc1cc(OC)c(N=C(Nc2ccc(NC(=O)c3ccco3)cc2)SBr)cc1Cl. The Morgan fingerprint density at radius 1 is 1.07 bits per heavy atom. The maximum absolute atomic E-state index is 12.0. The van der Waals surface area contributed by atoms with Gasteiger partial charge in [0, 0.05) is 17.4 Å². The molecule has 10 heteroatoms. The molecule has 1 heterocycles. The molecule has 2 N–H and O–H groups in total. The highest BCUT2D eigenvalue weighted by atomic mass is 79.9. The second kappa shape index (κ2) is 10.4. The molecule has 0 unspecified atom stereocenters. The molecular formula is C20H17BrClN3O4S. The number of aliphatic imine (C=N–C) groups is 1. The summed E-state index contributed by atoms with van der Waals surface area (Å²) in [5.41, 5.74) is 1.95. The molecule has 30 heavy (non-hydrogen) atoms. The number of nitrogens with one attached hydrogen (secondary N) is 2. The molecule has 3 rings (SSSR count). The monoisotopic (exact) mass is 509 g/mol. The van der Waals surface area contributed by atoms with E-state index in [2.05, 4.69) is 30.4 Å². The molecule has 0 atom stereocenters. The van der Waals surface area contributed by atoms with E-state index in [0.29, 0.717) is 33.1 Å². The standard InChI is InChI=1S/C20H17BrClN3O4S/c1-27-17-11-18(28-2)15(10-14(17)22)25-20(30-21)24-13-7-5-12(6-8-13)23-19(26)16-4-3-9-29-16/h3-11H,1-2H3,(H,23,26)(H,24,25). The maximum Gasteiger partial charge on any atom is 0.291 e. The van der Waals surface area contributed by atoms with E-state index >= 15 is 0 Å². The molecule has 1 amide bonds. The molecule has 0 aliphatic carbocycles. The van der Waals surface area contributed by atoms with Crippen LogP contribution in [-0.4, -0.2) is 25.3 Å². The molecular weight excluding hydrogens is 494 g/mol. The quantitative estimate of drug-likeness (QED) is 0.297. The summed E-state index contributed by atoms with van der Waals surface area (Å²) in [5, 5.41) is 6.93. The van der Waals surface area contributed by atoms with Crippen LogP contribution in [-0.2, 0) is 0 Å². The van der Waals surface area contributed by atoms with Gasteiger partial charge in [-0.05, 0) is 67.5 Å². The van der Waals surface area contributed by atoms with Gasteiger partial charge in [0.25, 0.3) is 5.91 Å². The third kappa shape index (κ3) is 5.50. The maximum atomic E-state index is 12.0. The lowest BCUT2D eigenvalue weighted by atomic mass is 10.2. The van der Waals surface area contributed by atoms with Gasteiger partial charge in [0.15, 0.2) is 10.9 Å². The molecule has 1 aromatic heterocycles. The molecule has 0 spiro atoms. The van der Waals surface area contributed by atoms with Crippen LogP contribution < -0.4 is 20.1 Å². The second-order valence-electron chi connectivity index (χ2n) is 5.79. The minimum absolute atomic E-state index is 0.245. The van der Waals surface area contributed by atoms with Gasteiger partial charge in [-0.1, -0.05) is 11.6 Å². The van der Waals surface area contributed by atoms with Crippen LogP contribution in [0.5, 0.6) is 11.5 Å². The van der Waals surface area contributed by atoms with E-state index in [1.54, 1.807) is 43.5 Å². The molecule has 2 aromatic carbocycles. The lowest BCUT2D eigenvalue weighted by molar-refractivity contribution is 0.0996. The minimum atomic E-state index is -0.317. The first-order valence-electron chi connectivity index (χ1n) is 8.54. The molecule has 0 saturated carbocycles. The molecule has 7 nitrogen and oxygen atoms in total. The van der Waals surface area contributed by atoms with Crippen LogP contribution in [0.25, 0.3) is 0 Å². The van der Waals surface area contributed by atoms with Gasteiger partial charge in [0.2, 0.25) is 0 Å². The lowest BCUT2D eigenvalue weighted by Gasteiger charge is -2.11. The Labute approximate surface area is 190 Å². The summed E-state index contributed by atoms with van der Waals surface area (Å²) in [6.45, 7) is 0. The number of amides is 1. The van der Waals surface area contributed by atoms with E-state index in [4.69, 9.17) is 25.5 Å². The van der Waals surface area contributed by atoms with Crippen LogP contribution >= 0.6 is 36.6 Å². The van der Waals surface area contributed by atoms with Crippen LogP contribution in [0.1, 0.15) is 10.6 Å². The minimum Gasteiger partial charge on any atom is -0.495 e. The number of hydrogen-bond acceptors (Lipinski definition) is 6. The van der Waals surface area contributed by atoms with Gasteiger partial charge in [0.05, 0.1) is 25.5 Å². The number of halogens is 2. The fourth-order valence-electron chi connectivity index (χ4n) is 2.47. The Balaban J connectivity index is 1.74. The summed E-state index contributed by atoms with van der Waals surface area (Å²) in [6, 6.07) is 13.8. The van der Waals surface area contributed by atoms with E-state index in [0.717, 1.165) is 5.69 Å². The second-order valence-corrected chi connectivity index (χ2v) is 7.71. The van der Waals surface area contributed by atoms with Crippen LogP contribution in [0.3, 0.4) is 0 Å². The first-order valence-corrected chi connectivity index (χ1v) is 11.6. The highest BCUT2D eigenvalue weighted by molar-refractivity contribution is 9.52. The summed E-state index contributed by atoms with van der Waals surface area (Å²) < 4.78 is 15.7. The number of hydrogen-bond donors (Lipinski definition) is 2. The zero-order valence-corrected chi connectivity index (χ0v) is 19.1. The average Bonchev–Trinajstić information content (AvgIpc) is 3.30. The van der Waals surface area contributed by atoms with Crippen molar-refractivity contribution in [3.05, 3.63) is 65.6 Å². The van der Waals surface area contributed by atoms with Gasteiger partial charge in [0.1, 0.15) is 17.2 Å². The lowest BCUT2D eigenvalue weighted by Crippen LogP contribution is -2.11. The number of methoxy groups -OCH3 is 2. The van der Waals surface area contributed by atoms with Crippen molar-refractivity contribution in [2.75, 3.05) is 24.9 Å². The fourth-order valence-corrected chi connectivity index (χ4v) is 3.45. The zero-order chi connectivity index (χ0) is 21.5. The van der Waals surface area contributed by atoms with Crippen molar-refractivity contribution in [3.8, 4) is 11.5 Å². The van der Waals surface area contributed by atoms with Gasteiger partial charge in [-0.25, -0.2) is 4.99 Å². The third-order valence-electron chi connectivity index (χ3n) is 3.89. The van der Waals surface area contributed by atoms with Crippen LogP contribution in [0.2, 0.25) is 5.02 Å². The molecule has 0 radical (unpaired) electrons. The molecule has 0 fully saturated rings. The summed E-state index contributed by atoms with van der Waals surface area (Å²) in [7, 11) is 4.33. The molecule has 0 bridgehead atoms. The number of ether oxygens (including phenoxy) is 2. The largest absolute Gasteiger partial charge is 0.495 e. The summed E-state index contributed by atoms with van der Waals surface area (Å²) >= 11 is 9.56. The van der Waals surface area contributed by atoms with Gasteiger partial charge < -0.3 is 24.5 Å². The predicted molar refractivity (Wildman–Crippen MR) is 125 cm³/mol. The molecule has 0 aliphatic rings. The Morgan fingerprint density at radius 2 is 1.73 bits per heavy atom. The number of anilines is 2. The van der Waals surface area contributed by atoms with E-state index in [1.807, 2.05) is 12.1 Å². The number of rotatable bonds is 6. The number of amidine groups is 1. The van der Waals surface area contributed by atoms with E-state index in [-0.39, 0.29) is 11.7 Å². The highest BCUT2D eigenvalue weighted by Gasteiger charge is 2.12. The predicted octanol–water partition coefficient (Wildman–Crippen LogP) is 6.35. The zero-order valence-electron chi connectivity index (χ0n) is 15.9. The van der Waals surface area contributed by atoms with Gasteiger partial charge in [-0.3, -0.25) is 4.79 Å². The van der Waals surface area contributed by atoms with Crippen molar-refractivity contribution >= 4 is 64.7 Å². The van der Waals surface area contributed by atoms with Crippen LogP contribution in [0, 0.1) is 0 Å². The molecule has 0 saturated heterocycles. The number of carbonyl (C=O) groups excluding carboxylic acids is 1. The van der Waals surface area contributed by atoms with Gasteiger partial charge >= 0.3 is 0 Å². The highest BCUT2D eigenvalue weighted by Crippen LogP contribution is 2.38. The first kappa shape index (κ1) is 22.1. The Bertz CT molecular complexity index is 1040. The Morgan fingerprint density at radius 3 is 2.30 bits per heavy atom. The smallest absolute Gasteiger partial charge is 0.291 e. The van der Waals surface area contributed by atoms with Crippen molar-refractivity contribution < 1.29 is 18.7 Å². The van der Waals surface area contributed by atoms with Crippen molar-refractivity contribution in [1.82, 2.24) is 0 Å². The number of furan rings is 1. The third-order valence-corrected chi connectivity index (χ3v) is 5.44. The van der Waals surface area contributed by atoms with E-state index in [9.17, 15) is 4.79 Å². The van der Waals surface area contributed by atoms with Crippen molar-refractivity contribution in [1.29, 1.82) is 0 Å². The Hall–Kier alpha value is -2.62. The summed E-state index contributed by atoms with van der Waals surface area (Å²) in [6.07, 6.45) is 1.45. The van der Waals surface area contributed by atoms with Crippen molar-refractivity contribution in [3.63, 3.8) is 0 Å². The summed E-state index contributed by atoms with van der Waals surface area (Å²) in [4.78, 5) is 16.6. The molecule has 3 aromatic rings. The van der Waals surface area contributed by atoms with Crippen molar-refractivity contribution in [2.45, 2.75) is 0 Å². The number of carbonyl (C=O) groups is 1. The number of nitrogens with zero attached hydrogens (tertiary/aromatic N) is 1. The normalized spacial score (nSPS) is 11.1. The van der Waals surface area contributed by atoms with Crippen molar-refractivity contribution in [2.24, 2.45) is 4.99 Å². The fraction of sp³-hybridized carbons (Fsp3) is 0.100. The van der Waals surface area contributed by atoms with Gasteiger partial charge in [-0.15, -0.1) is 0 Å². The average molecular weight is 511 g/mol. The number of benzene rings is 2. The molecule has 0 aliphatic heterocycles. The van der Waals surface area contributed by atoms with E-state index in [1.165, 1.54) is 23.6 Å². The van der Waals surface area contributed by atoms with Gasteiger partial charge in [-0.2, -0.15) is 0 Å². The van der Waals surface area contributed by atoms with Crippen LogP contribution in [0.4, 0.5) is 17.1 Å². The topological polar surface area (TPSA) is 85.1 Å². The first-order chi connectivity index (χ1) is 14.5. The van der Waals surface area contributed by atoms with Crippen LogP contribution in [0.15, 0.2) is 64.2 Å². The molecule has 156 valence electrons. The summed E-state index contributed by atoms with van der Waals surface area (Å²) in [5.74, 6) is 0.950. The Kier molecular flexibility index (Phi) is 7.67. The van der Waals surface area contributed by atoms with E-state index < -0.39 is 0 Å².